The van der Waals surface area contributed by atoms with Gasteiger partial charge in [-0.05, 0) is 42.5 Å². The molecule has 1 aromatic carbocycles. The molecular weight excluding hydrogens is 222 g/mol. The molecule has 2 rings (SSSR count). The van der Waals surface area contributed by atoms with Gasteiger partial charge in [0.1, 0.15) is 5.75 Å². The van der Waals surface area contributed by atoms with Crippen molar-refractivity contribution in [3.05, 3.63) is 29.8 Å². The lowest BCUT2D eigenvalue weighted by Gasteiger charge is -2.24. The van der Waals surface area contributed by atoms with Crippen molar-refractivity contribution in [1.82, 2.24) is 5.32 Å². The first-order valence-corrected chi connectivity index (χ1v) is 7.00. The SMILES string of the molecule is CC(C)(C)c1cccc(OCC2CCCNC2)c1. The average Bonchev–Trinajstić information content (AvgIpc) is 2.37. The fraction of sp³-hybridized carbons (Fsp3) is 0.625. The fourth-order valence-electron chi connectivity index (χ4n) is 2.33. The van der Waals surface area contributed by atoms with E-state index in [1.165, 1.54) is 18.4 Å². The summed E-state index contributed by atoms with van der Waals surface area (Å²) >= 11 is 0. The van der Waals surface area contributed by atoms with Crippen molar-refractivity contribution in [2.75, 3.05) is 19.7 Å². The molecule has 1 unspecified atom stereocenters. The number of hydrogen-bond donors (Lipinski definition) is 1. The van der Waals surface area contributed by atoms with Gasteiger partial charge < -0.3 is 10.1 Å². The molecule has 1 saturated heterocycles. The third-order valence-corrected chi connectivity index (χ3v) is 3.58. The van der Waals surface area contributed by atoms with E-state index in [0.29, 0.717) is 5.92 Å². The summed E-state index contributed by atoms with van der Waals surface area (Å²) in [6.07, 6.45) is 2.56. The Bertz CT molecular complexity index is 375. The molecule has 0 saturated carbocycles. The molecule has 0 radical (unpaired) electrons. The van der Waals surface area contributed by atoms with Crippen LogP contribution in [0.25, 0.3) is 0 Å². The predicted octanol–water partition coefficient (Wildman–Crippen LogP) is 3.36. The Hall–Kier alpha value is -1.02. The van der Waals surface area contributed by atoms with Crippen LogP contribution < -0.4 is 10.1 Å². The Kier molecular flexibility index (Phi) is 4.28. The maximum absolute atomic E-state index is 5.94. The van der Waals surface area contributed by atoms with Crippen molar-refractivity contribution < 1.29 is 4.74 Å². The van der Waals surface area contributed by atoms with Gasteiger partial charge in [0.25, 0.3) is 0 Å². The third kappa shape index (κ3) is 3.74. The fourth-order valence-corrected chi connectivity index (χ4v) is 2.33. The van der Waals surface area contributed by atoms with Gasteiger partial charge in [0, 0.05) is 12.5 Å². The van der Waals surface area contributed by atoms with Crippen molar-refractivity contribution in [3.8, 4) is 5.75 Å². The van der Waals surface area contributed by atoms with E-state index in [4.69, 9.17) is 4.74 Å². The van der Waals surface area contributed by atoms with Crippen molar-refractivity contribution >= 4 is 0 Å². The highest BCUT2D eigenvalue weighted by Gasteiger charge is 2.16. The minimum absolute atomic E-state index is 0.186. The van der Waals surface area contributed by atoms with E-state index in [1.54, 1.807) is 0 Å². The number of rotatable bonds is 3. The van der Waals surface area contributed by atoms with Gasteiger partial charge in [-0.15, -0.1) is 0 Å². The molecule has 1 N–H and O–H groups in total. The summed E-state index contributed by atoms with van der Waals surface area (Å²) in [5.41, 5.74) is 1.52. The summed E-state index contributed by atoms with van der Waals surface area (Å²) in [5, 5.41) is 3.43. The maximum Gasteiger partial charge on any atom is 0.119 e. The Morgan fingerprint density at radius 2 is 2.17 bits per heavy atom. The average molecular weight is 247 g/mol. The van der Waals surface area contributed by atoms with E-state index in [-0.39, 0.29) is 5.41 Å². The molecule has 0 spiro atoms. The lowest BCUT2D eigenvalue weighted by molar-refractivity contribution is 0.218. The summed E-state index contributed by atoms with van der Waals surface area (Å²) in [4.78, 5) is 0. The molecule has 1 heterocycles. The molecule has 1 atom stereocenters. The van der Waals surface area contributed by atoms with Crippen LogP contribution in [0.2, 0.25) is 0 Å². The van der Waals surface area contributed by atoms with Gasteiger partial charge in [0.2, 0.25) is 0 Å². The van der Waals surface area contributed by atoms with Crippen LogP contribution in [0, 0.1) is 5.92 Å². The van der Waals surface area contributed by atoms with E-state index in [1.807, 2.05) is 0 Å². The van der Waals surface area contributed by atoms with Crippen molar-refractivity contribution in [1.29, 1.82) is 0 Å². The van der Waals surface area contributed by atoms with E-state index in [2.05, 4.69) is 50.4 Å². The van der Waals surface area contributed by atoms with Crippen LogP contribution in [-0.2, 0) is 5.41 Å². The highest BCUT2D eigenvalue weighted by Crippen LogP contribution is 2.26. The maximum atomic E-state index is 5.94. The second kappa shape index (κ2) is 5.75. The van der Waals surface area contributed by atoms with E-state index >= 15 is 0 Å². The number of piperidine rings is 1. The first kappa shape index (κ1) is 13.4. The minimum Gasteiger partial charge on any atom is -0.493 e. The molecule has 0 bridgehead atoms. The zero-order valence-electron chi connectivity index (χ0n) is 11.8. The second-order valence-corrected chi connectivity index (χ2v) is 6.30. The largest absolute Gasteiger partial charge is 0.493 e. The first-order chi connectivity index (χ1) is 8.55. The molecule has 1 aromatic rings. The number of ether oxygens (including phenoxy) is 1. The predicted molar refractivity (Wildman–Crippen MR) is 76.2 cm³/mol. The van der Waals surface area contributed by atoms with Gasteiger partial charge in [-0.25, -0.2) is 0 Å². The molecule has 18 heavy (non-hydrogen) atoms. The molecular formula is C16H25NO. The molecule has 1 aliphatic rings. The van der Waals surface area contributed by atoms with Crippen LogP contribution in [-0.4, -0.2) is 19.7 Å². The lowest BCUT2D eigenvalue weighted by Crippen LogP contribution is -2.33. The van der Waals surface area contributed by atoms with Gasteiger partial charge in [0.05, 0.1) is 6.61 Å². The van der Waals surface area contributed by atoms with Crippen molar-refractivity contribution in [2.45, 2.75) is 39.0 Å². The van der Waals surface area contributed by atoms with Gasteiger partial charge >= 0.3 is 0 Å². The van der Waals surface area contributed by atoms with Crippen LogP contribution in [0.4, 0.5) is 0 Å². The van der Waals surface area contributed by atoms with E-state index in [9.17, 15) is 0 Å². The zero-order valence-corrected chi connectivity index (χ0v) is 11.8. The van der Waals surface area contributed by atoms with Crippen LogP contribution >= 0.6 is 0 Å². The summed E-state index contributed by atoms with van der Waals surface area (Å²) in [6.45, 7) is 9.79. The summed E-state index contributed by atoms with van der Waals surface area (Å²) in [5.74, 6) is 1.67. The normalized spacial score (nSPS) is 20.7. The monoisotopic (exact) mass is 247 g/mol. The number of nitrogens with one attached hydrogen (secondary N) is 1. The Morgan fingerprint density at radius 3 is 2.83 bits per heavy atom. The standard InChI is InChI=1S/C16H25NO/c1-16(2,3)14-7-4-8-15(10-14)18-12-13-6-5-9-17-11-13/h4,7-8,10,13,17H,5-6,9,11-12H2,1-3H3. The van der Waals surface area contributed by atoms with E-state index in [0.717, 1.165) is 25.4 Å². The first-order valence-electron chi connectivity index (χ1n) is 7.00. The molecule has 2 nitrogen and oxygen atoms in total. The van der Waals surface area contributed by atoms with Crippen LogP contribution in [0.3, 0.4) is 0 Å². The summed E-state index contributed by atoms with van der Waals surface area (Å²) in [7, 11) is 0. The summed E-state index contributed by atoms with van der Waals surface area (Å²) < 4.78 is 5.94. The van der Waals surface area contributed by atoms with Crippen LogP contribution in [0.15, 0.2) is 24.3 Å². The molecule has 1 fully saturated rings. The smallest absolute Gasteiger partial charge is 0.119 e. The van der Waals surface area contributed by atoms with Crippen molar-refractivity contribution in [2.24, 2.45) is 5.92 Å². The highest BCUT2D eigenvalue weighted by atomic mass is 16.5. The summed E-state index contributed by atoms with van der Waals surface area (Å²) in [6, 6.07) is 8.51. The van der Waals surface area contributed by atoms with Gasteiger partial charge in [0.15, 0.2) is 0 Å². The van der Waals surface area contributed by atoms with Crippen molar-refractivity contribution in [3.63, 3.8) is 0 Å². The van der Waals surface area contributed by atoms with E-state index < -0.39 is 0 Å². The Balaban J connectivity index is 1.92. The number of benzene rings is 1. The molecule has 1 aliphatic heterocycles. The van der Waals surface area contributed by atoms with Gasteiger partial charge in [-0.3, -0.25) is 0 Å². The lowest BCUT2D eigenvalue weighted by atomic mass is 9.87. The molecule has 0 aromatic heterocycles. The molecule has 2 heteroatoms. The van der Waals surface area contributed by atoms with Crippen LogP contribution in [0.5, 0.6) is 5.75 Å². The van der Waals surface area contributed by atoms with Gasteiger partial charge in [-0.2, -0.15) is 0 Å². The molecule has 100 valence electrons. The Morgan fingerprint density at radius 1 is 1.33 bits per heavy atom. The minimum atomic E-state index is 0.186. The Labute approximate surface area is 111 Å². The second-order valence-electron chi connectivity index (χ2n) is 6.30. The van der Waals surface area contributed by atoms with Gasteiger partial charge in [-0.1, -0.05) is 32.9 Å². The zero-order chi connectivity index (χ0) is 13.0. The third-order valence-electron chi connectivity index (χ3n) is 3.58. The van der Waals surface area contributed by atoms with Crippen LogP contribution in [0.1, 0.15) is 39.2 Å². The topological polar surface area (TPSA) is 21.3 Å². The number of hydrogen-bond acceptors (Lipinski definition) is 2. The molecule has 0 aliphatic carbocycles. The highest BCUT2D eigenvalue weighted by molar-refractivity contribution is 5.32. The quantitative estimate of drug-likeness (QED) is 0.884. The molecule has 0 amide bonds.